The first-order chi connectivity index (χ1) is 14.0. The number of carbonyl (C=O) groups excluding carboxylic acids is 1. The lowest BCUT2D eigenvalue weighted by Gasteiger charge is -2.19. The molecule has 1 amide bonds. The van der Waals surface area contributed by atoms with E-state index in [2.05, 4.69) is 16.9 Å². The maximum atomic E-state index is 12.9. The molecule has 0 unspecified atom stereocenters. The summed E-state index contributed by atoms with van der Waals surface area (Å²) in [5.41, 5.74) is 7.64. The van der Waals surface area contributed by atoms with Crippen molar-refractivity contribution >= 4 is 15.9 Å². The summed E-state index contributed by atoms with van der Waals surface area (Å²) in [5.74, 6) is -0.593. The number of primary amides is 1. The Balaban J connectivity index is 1.75. The molecule has 0 saturated carbocycles. The molecule has 0 aliphatic rings. The van der Waals surface area contributed by atoms with Gasteiger partial charge in [-0.15, -0.1) is 0 Å². The Hall–Kier alpha value is -2.96. The van der Waals surface area contributed by atoms with E-state index in [1.165, 1.54) is 29.8 Å². The first kappa shape index (κ1) is 20.8. The van der Waals surface area contributed by atoms with E-state index in [1.54, 1.807) is 0 Å². The van der Waals surface area contributed by atoms with Gasteiger partial charge >= 0.3 is 0 Å². The third-order valence-electron chi connectivity index (χ3n) is 4.75. The minimum Gasteiger partial charge on any atom is -0.366 e. The summed E-state index contributed by atoms with van der Waals surface area (Å²) in [5, 5.41) is 0. The van der Waals surface area contributed by atoms with E-state index < -0.39 is 15.9 Å². The molecule has 1 atom stereocenters. The van der Waals surface area contributed by atoms with Gasteiger partial charge in [-0.25, -0.2) is 13.1 Å². The Bertz CT molecular complexity index is 1030. The van der Waals surface area contributed by atoms with Crippen molar-refractivity contribution < 1.29 is 13.2 Å². The van der Waals surface area contributed by atoms with E-state index in [9.17, 15) is 13.2 Å². The van der Waals surface area contributed by atoms with E-state index >= 15 is 0 Å². The number of sulfonamides is 1. The molecule has 0 heterocycles. The second-order valence-corrected chi connectivity index (χ2v) is 8.56. The molecule has 0 radical (unpaired) electrons. The molecule has 0 saturated heterocycles. The molecule has 29 heavy (non-hydrogen) atoms. The number of benzene rings is 3. The van der Waals surface area contributed by atoms with Gasteiger partial charge in [-0.05, 0) is 54.7 Å². The average molecular weight is 409 g/mol. The Morgan fingerprint density at radius 1 is 0.862 bits per heavy atom. The van der Waals surface area contributed by atoms with Crippen LogP contribution in [0, 0.1) is 0 Å². The molecule has 3 rings (SSSR count). The first-order valence-corrected chi connectivity index (χ1v) is 10.9. The molecular formula is C23H24N2O3S. The van der Waals surface area contributed by atoms with Crippen LogP contribution in [-0.2, 0) is 16.4 Å². The standard InChI is InChI=1S/C23H24N2O3S/c24-23(26)20-14-16-21(17-15-20)29(27,28)25-22(19-11-5-2-6-12-19)13-7-10-18-8-3-1-4-9-18/h1-6,8-9,11-12,14-17,22,25H,7,10,13H2,(H2,24,26)/t22-/m1/s1. The predicted octanol–water partition coefficient (Wildman–Crippen LogP) is 3.83. The Morgan fingerprint density at radius 2 is 1.45 bits per heavy atom. The van der Waals surface area contributed by atoms with Crippen molar-refractivity contribution in [2.24, 2.45) is 5.73 Å². The van der Waals surface area contributed by atoms with Crippen LogP contribution in [0.25, 0.3) is 0 Å². The Kier molecular flexibility index (Phi) is 6.80. The highest BCUT2D eigenvalue weighted by atomic mass is 32.2. The highest BCUT2D eigenvalue weighted by molar-refractivity contribution is 7.89. The van der Waals surface area contributed by atoms with Crippen LogP contribution in [0.4, 0.5) is 0 Å². The molecule has 0 aliphatic carbocycles. The zero-order chi connectivity index (χ0) is 20.7. The lowest BCUT2D eigenvalue weighted by molar-refractivity contribution is 0.1000. The van der Waals surface area contributed by atoms with Crippen LogP contribution in [0.15, 0.2) is 89.8 Å². The number of aryl methyl sites for hydroxylation is 1. The predicted molar refractivity (Wildman–Crippen MR) is 114 cm³/mol. The summed E-state index contributed by atoms with van der Waals surface area (Å²) >= 11 is 0. The van der Waals surface area contributed by atoms with Gasteiger partial charge < -0.3 is 5.73 Å². The van der Waals surface area contributed by atoms with Gasteiger partial charge in [-0.3, -0.25) is 4.79 Å². The third kappa shape index (κ3) is 5.76. The van der Waals surface area contributed by atoms with Crippen molar-refractivity contribution in [1.29, 1.82) is 0 Å². The van der Waals surface area contributed by atoms with E-state index in [0.717, 1.165) is 18.4 Å². The van der Waals surface area contributed by atoms with Gasteiger partial charge in [0.1, 0.15) is 0 Å². The van der Waals surface area contributed by atoms with Gasteiger partial charge in [0.05, 0.1) is 4.90 Å². The van der Waals surface area contributed by atoms with Gasteiger partial charge in [-0.2, -0.15) is 0 Å². The van der Waals surface area contributed by atoms with Crippen molar-refractivity contribution in [2.75, 3.05) is 0 Å². The fraction of sp³-hybridized carbons (Fsp3) is 0.174. The van der Waals surface area contributed by atoms with Crippen LogP contribution in [0.1, 0.15) is 40.4 Å². The van der Waals surface area contributed by atoms with Crippen LogP contribution in [0.3, 0.4) is 0 Å². The van der Waals surface area contributed by atoms with Crippen LogP contribution in [0.5, 0.6) is 0 Å². The number of nitrogens with two attached hydrogens (primary N) is 1. The normalized spacial score (nSPS) is 12.4. The largest absolute Gasteiger partial charge is 0.366 e. The Labute approximate surface area is 171 Å². The fourth-order valence-electron chi connectivity index (χ4n) is 3.19. The zero-order valence-electron chi connectivity index (χ0n) is 16.0. The molecule has 3 N–H and O–H groups in total. The summed E-state index contributed by atoms with van der Waals surface area (Å²) in [6.45, 7) is 0. The van der Waals surface area contributed by atoms with Crippen LogP contribution < -0.4 is 10.5 Å². The van der Waals surface area contributed by atoms with Crippen LogP contribution in [0.2, 0.25) is 0 Å². The Morgan fingerprint density at radius 3 is 2.03 bits per heavy atom. The topological polar surface area (TPSA) is 89.3 Å². The number of hydrogen-bond donors (Lipinski definition) is 2. The van der Waals surface area contributed by atoms with Crippen molar-refractivity contribution in [2.45, 2.75) is 30.2 Å². The molecule has 0 fully saturated rings. The van der Waals surface area contributed by atoms with Crippen LogP contribution in [-0.4, -0.2) is 14.3 Å². The molecule has 0 aliphatic heterocycles. The van der Waals surface area contributed by atoms with Gasteiger partial charge in [-0.1, -0.05) is 60.7 Å². The van der Waals surface area contributed by atoms with Crippen molar-refractivity contribution in [3.63, 3.8) is 0 Å². The first-order valence-electron chi connectivity index (χ1n) is 9.47. The van der Waals surface area contributed by atoms with E-state index in [-0.39, 0.29) is 16.5 Å². The van der Waals surface area contributed by atoms with E-state index in [1.807, 2.05) is 48.5 Å². The zero-order valence-corrected chi connectivity index (χ0v) is 16.8. The summed E-state index contributed by atoms with van der Waals surface area (Å²) in [6, 6.07) is 25.0. The molecular weight excluding hydrogens is 384 g/mol. The molecule has 5 nitrogen and oxygen atoms in total. The molecule has 3 aromatic carbocycles. The average Bonchev–Trinajstić information content (AvgIpc) is 2.74. The van der Waals surface area contributed by atoms with Crippen molar-refractivity contribution in [1.82, 2.24) is 4.72 Å². The summed E-state index contributed by atoms with van der Waals surface area (Å²) in [4.78, 5) is 11.3. The second kappa shape index (κ2) is 9.49. The lowest BCUT2D eigenvalue weighted by atomic mass is 10.00. The lowest BCUT2D eigenvalue weighted by Crippen LogP contribution is -2.29. The number of carbonyl (C=O) groups is 1. The highest BCUT2D eigenvalue weighted by Crippen LogP contribution is 2.23. The van der Waals surface area contributed by atoms with Gasteiger partial charge in [0.25, 0.3) is 0 Å². The minimum absolute atomic E-state index is 0.103. The summed E-state index contributed by atoms with van der Waals surface area (Å²) in [6.07, 6.45) is 2.38. The molecule has 0 aromatic heterocycles. The van der Waals surface area contributed by atoms with Gasteiger partial charge in [0.2, 0.25) is 15.9 Å². The maximum absolute atomic E-state index is 12.9. The smallest absolute Gasteiger partial charge is 0.248 e. The van der Waals surface area contributed by atoms with Gasteiger partial charge in [0.15, 0.2) is 0 Å². The highest BCUT2D eigenvalue weighted by Gasteiger charge is 2.21. The number of nitrogens with one attached hydrogen (secondary N) is 1. The number of amides is 1. The third-order valence-corrected chi connectivity index (χ3v) is 6.24. The van der Waals surface area contributed by atoms with Crippen molar-refractivity contribution in [3.8, 4) is 0 Å². The minimum atomic E-state index is -3.75. The molecule has 150 valence electrons. The molecule has 3 aromatic rings. The van der Waals surface area contributed by atoms with E-state index in [0.29, 0.717) is 6.42 Å². The van der Waals surface area contributed by atoms with Gasteiger partial charge in [0, 0.05) is 11.6 Å². The van der Waals surface area contributed by atoms with Crippen LogP contribution >= 0.6 is 0 Å². The SMILES string of the molecule is NC(=O)c1ccc(S(=O)(=O)N[C@H](CCCc2ccccc2)c2ccccc2)cc1. The maximum Gasteiger partial charge on any atom is 0.248 e. The molecule has 6 heteroatoms. The molecule has 0 bridgehead atoms. The monoisotopic (exact) mass is 408 g/mol. The number of rotatable bonds is 9. The summed E-state index contributed by atoms with van der Waals surface area (Å²) < 4.78 is 28.6. The van der Waals surface area contributed by atoms with E-state index in [4.69, 9.17) is 5.73 Å². The fourth-order valence-corrected chi connectivity index (χ4v) is 4.45. The quantitative estimate of drug-likeness (QED) is 0.564. The summed E-state index contributed by atoms with van der Waals surface area (Å²) in [7, 11) is -3.75. The number of hydrogen-bond acceptors (Lipinski definition) is 3. The molecule has 0 spiro atoms. The van der Waals surface area contributed by atoms with Crippen molar-refractivity contribution in [3.05, 3.63) is 102 Å². The second-order valence-electron chi connectivity index (χ2n) is 6.85.